The zero-order valence-electron chi connectivity index (χ0n) is 29.7. The molecule has 254 valence electrons. The fourth-order valence-corrected chi connectivity index (χ4v) is 8.19. The molecule has 0 aliphatic heterocycles. The standard InChI is InChI=1S/C46H44F2O2/c1-8-28(4)46(22-10-9-11-23-50-44(49)27(2)3)38-24-30(14-17-33(38)34-19-15-31(25-39(34)46)45(5,6)7)32-16-12-29-13-18-36-40(47)26-41(48)37-21-20-35(32)42(29)43(36)37/h12-21,24-26H,2,4,8-11,22-23H2,1,3,5-7H3. The predicted octanol–water partition coefficient (Wildman–Crippen LogP) is 12.7. The highest BCUT2D eigenvalue weighted by atomic mass is 19.1. The van der Waals surface area contributed by atoms with Crippen molar-refractivity contribution in [2.75, 3.05) is 6.61 Å². The van der Waals surface area contributed by atoms with Crippen molar-refractivity contribution in [3.63, 3.8) is 0 Å². The Morgan fingerprint density at radius 2 is 1.36 bits per heavy atom. The van der Waals surface area contributed by atoms with E-state index in [-0.39, 0.29) is 11.4 Å². The van der Waals surface area contributed by atoms with Gasteiger partial charge in [-0.2, -0.15) is 0 Å². The lowest BCUT2D eigenvalue weighted by Crippen LogP contribution is -2.28. The number of ether oxygens (including phenoxy) is 1. The summed E-state index contributed by atoms with van der Waals surface area (Å²) in [5.74, 6) is -1.43. The summed E-state index contributed by atoms with van der Waals surface area (Å²) in [6, 6.07) is 26.4. The van der Waals surface area contributed by atoms with Crippen LogP contribution in [0.2, 0.25) is 0 Å². The van der Waals surface area contributed by atoms with Crippen LogP contribution in [0, 0.1) is 11.6 Å². The first-order valence-electron chi connectivity index (χ1n) is 17.7. The third-order valence-corrected chi connectivity index (χ3v) is 10.9. The molecule has 6 aromatic rings. The van der Waals surface area contributed by atoms with E-state index in [4.69, 9.17) is 11.3 Å². The Morgan fingerprint density at radius 3 is 2.04 bits per heavy atom. The number of benzene rings is 6. The highest BCUT2D eigenvalue weighted by Crippen LogP contribution is 2.57. The van der Waals surface area contributed by atoms with Crippen LogP contribution in [0.3, 0.4) is 0 Å². The highest BCUT2D eigenvalue weighted by molar-refractivity contribution is 6.25. The third-order valence-electron chi connectivity index (χ3n) is 10.9. The van der Waals surface area contributed by atoms with Gasteiger partial charge in [0.1, 0.15) is 11.6 Å². The monoisotopic (exact) mass is 666 g/mol. The number of unbranched alkanes of at least 4 members (excludes halogenated alkanes) is 2. The van der Waals surface area contributed by atoms with Crippen molar-refractivity contribution < 1.29 is 18.3 Å². The van der Waals surface area contributed by atoms with Crippen LogP contribution >= 0.6 is 0 Å². The minimum absolute atomic E-state index is 0.0257. The van der Waals surface area contributed by atoms with Crippen molar-refractivity contribution in [1.82, 2.24) is 0 Å². The van der Waals surface area contributed by atoms with Gasteiger partial charge in [0.15, 0.2) is 0 Å². The van der Waals surface area contributed by atoms with Gasteiger partial charge in [-0.05, 0) is 92.8 Å². The molecule has 0 saturated carbocycles. The molecule has 0 radical (unpaired) electrons. The van der Waals surface area contributed by atoms with E-state index < -0.39 is 17.0 Å². The minimum Gasteiger partial charge on any atom is -0.462 e. The number of carbonyl (C=O) groups excluding carboxylic acids is 1. The summed E-state index contributed by atoms with van der Waals surface area (Å²) in [6.07, 6.45) is 4.33. The summed E-state index contributed by atoms with van der Waals surface area (Å²) in [6.45, 7) is 19.4. The molecule has 0 bridgehead atoms. The maximum Gasteiger partial charge on any atom is 0.333 e. The molecule has 1 unspecified atom stereocenters. The third kappa shape index (κ3) is 5.32. The SMILES string of the molecule is C=C(C)C(=O)OCCCCCC1(C(=C)CC)c2cc(-c3ccc4ccc5c(F)cc(F)c6ccc3c4c56)ccc2-c2ccc(C(C)(C)C)cc21. The first kappa shape index (κ1) is 33.7. The fraction of sp³-hybridized carbons (Fsp3) is 0.283. The van der Waals surface area contributed by atoms with Crippen molar-refractivity contribution >= 4 is 38.3 Å². The number of halogens is 2. The zero-order valence-corrected chi connectivity index (χ0v) is 29.7. The lowest BCUT2D eigenvalue weighted by molar-refractivity contribution is -0.139. The van der Waals surface area contributed by atoms with E-state index in [0.29, 0.717) is 28.3 Å². The van der Waals surface area contributed by atoms with E-state index in [1.165, 1.54) is 33.4 Å². The molecule has 0 spiro atoms. The zero-order chi connectivity index (χ0) is 35.5. The van der Waals surface area contributed by atoms with Gasteiger partial charge in [0.25, 0.3) is 0 Å². The van der Waals surface area contributed by atoms with E-state index in [1.807, 2.05) is 12.1 Å². The number of carbonyl (C=O) groups is 1. The van der Waals surface area contributed by atoms with Crippen molar-refractivity contribution in [2.24, 2.45) is 0 Å². The van der Waals surface area contributed by atoms with Gasteiger partial charge in [0, 0.05) is 33.2 Å². The van der Waals surface area contributed by atoms with Crippen LogP contribution in [-0.2, 0) is 20.4 Å². The molecule has 1 atom stereocenters. The largest absolute Gasteiger partial charge is 0.462 e. The van der Waals surface area contributed by atoms with Gasteiger partial charge in [0.05, 0.1) is 6.61 Å². The summed E-state index contributed by atoms with van der Waals surface area (Å²) < 4.78 is 35.5. The van der Waals surface area contributed by atoms with Crippen molar-refractivity contribution in [1.29, 1.82) is 0 Å². The Hall–Kier alpha value is -4.83. The van der Waals surface area contributed by atoms with Gasteiger partial charge >= 0.3 is 5.97 Å². The molecule has 50 heavy (non-hydrogen) atoms. The highest BCUT2D eigenvalue weighted by Gasteiger charge is 2.45. The smallest absolute Gasteiger partial charge is 0.333 e. The molecular weight excluding hydrogens is 622 g/mol. The second-order valence-corrected chi connectivity index (χ2v) is 15.1. The van der Waals surface area contributed by atoms with E-state index in [0.717, 1.165) is 65.5 Å². The van der Waals surface area contributed by atoms with Crippen LogP contribution in [0.25, 0.3) is 54.6 Å². The number of fused-ring (bicyclic) bond motifs is 3. The molecule has 0 saturated heterocycles. The summed E-state index contributed by atoms with van der Waals surface area (Å²) >= 11 is 0. The minimum atomic E-state index is -0.545. The molecular formula is C46H44F2O2. The molecule has 0 aromatic heterocycles. The van der Waals surface area contributed by atoms with Gasteiger partial charge in [-0.1, -0.05) is 126 Å². The molecule has 1 aliphatic rings. The van der Waals surface area contributed by atoms with Gasteiger partial charge in [-0.25, -0.2) is 13.6 Å². The maximum atomic E-state index is 15.1. The lowest BCUT2D eigenvalue weighted by atomic mass is 9.67. The number of allylic oxidation sites excluding steroid dienone is 1. The normalized spacial score (nSPS) is 15.5. The summed E-state index contributed by atoms with van der Waals surface area (Å²) in [5, 5.41) is 4.31. The predicted molar refractivity (Wildman–Crippen MR) is 204 cm³/mol. The number of hydrogen-bond donors (Lipinski definition) is 0. The van der Waals surface area contributed by atoms with Crippen LogP contribution in [0.1, 0.15) is 83.4 Å². The van der Waals surface area contributed by atoms with E-state index in [2.05, 4.69) is 82.8 Å². The average Bonchev–Trinajstić information content (AvgIpc) is 3.37. The van der Waals surface area contributed by atoms with Crippen LogP contribution in [0.4, 0.5) is 8.78 Å². The molecule has 2 nitrogen and oxygen atoms in total. The van der Waals surface area contributed by atoms with Gasteiger partial charge in [0.2, 0.25) is 0 Å². The van der Waals surface area contributed by atoms with Crippen LogP contribution in [-0.4, -0.2) is 12.6 Å². The average molecular weight is 667 g/mol. The Labute approximate surface area is 293 Å². The van der Waals surface area contributed by atoms with Crippen molar-refractivity contribution in [3.8, 4) is 22.3 Å². The maximum absolute atomic E-state index is 15.1. The number of esters is 1. The Kier molecular flexibility index (Phi) is 8.41. The summed E-state index contributed by atoms with van der Waals surface area (Å²) in [5.41, 5.74) is 9.55. The molecule has 0 N–H and O–H groups in total. The quantitative estimate of drug-likeness (QED) is 0.0478. The van der Waals surface area contributed by atoms with Crippen LogP contribution in [0.15, 0.2) is 103 Å². The van der Waals surface area contributed by atoms with E-state index >= 15 is 8.78 Å². The van der Waals surface area contributed by atoms with E-state index in [9.17, 15) is 4.79 Å². The second kappa shape index (κ2) is 12.5. The van der Waals surface area contributed by atoms with Gasteiger partial charge in [-0.3, -0.25) is 0 Å². The molecule has 1 aliphatic carbocycles. The number of hydrogen-bond acceptors (Lipinski definition) is 2. The van der Waals surface area contributed by atoms with Crippen LogP contribution in [0.5, 0.6) is 0 Å². The first-order valence-corrected chi connectivity index (χ1v) is 17.7. The molecule has 6 aromatic carbocycles. The lowest BCUT2D eigenvalue weighted by Gasteiger charge is -2.35. The van der Waals surface area contributed by atoms with Crippen LogP contribution < -0.4 is 0 Å². The fourth-order valence-electron chi connectivity index (χ4n) is 8.19. The molecule has 4 heteroatoms. The first-order chi connectivity index (χ1) is 23.9. The van der Waals surface area contributed by atoms with E-state index in [1.54, 1.807) is 19.1 Å². The Bertz CT molecular complexity index is 2320. The second-order valence-electron chi connectivity index (χ2n) is 15.1. The Morgan fingerprint density at radius 1 is 0.740 bits per heavy atom. The number of rotatable bonds is 10. The Balaban J connectivity index is 1.37. The molecule has 0 heterocycles. The molecule has 0 amide bonds. The topological polar surface area (TPSA) is 26.3 Å². The van der Waals surface area contributed by atoms with Gasteiger partial charge < -0.3 is 4.74 Å². The van der Waals surface area contributed by atoms with Crippen molar-refractivity contribution in [3.05, 3.63) is 131 Å². The molecule has 0 fully saturated rings. The summed E-state index contributed by atoms with van der Waals surface area (Å²) in [4.78, 5) is 11.9. The van der Waals surface area contributed by atoms with Crippen molar-refractivity contribution in [2.45, 2.75) is 77.6 Å². The van der Waals surface area contributed by atoms with Gasteiger partial charge in [-0.15, -0.1) is 0 Å². The summed E-state index contributed by atoms with van der Waals surface area (Å²) in [7, 11) is 0. The molecule has 7 rings (SSSR count).